The number of aliphatic hydroxyl groups is 1. The zero-order valence-electron chi connectivity index (χ0n) is 18.8. The molecule has 190 valence electrons. The van der Waals surface area contributed by atoms with Crippen LogP contribution in [0.15, 0.2) is 12.1 Å². The van der Waals surface area contributed by atoms with Crippen molar-refractivity contribution in [1.82, 2.24) is 14.7 Å². The van der Waals surface area contributed by atoms with Gasteiger partial charge in [0.2, 0.25) is 5.92 Å². The quantitative estimate of drug-likeness (QED) is 0.608. The minimum absolute atomic E-state index is 0.0624. The Hall–Kier alpha value is -2.78. The molecule has 0 radical (unpaired) electrons. The SMILES string of the molecule is N#Cc1cc(C(=O)NC2(CO)CCOCC2)cc2nc(C(F)(F)F)c(CC3CCC(F)(F)CC3)n12. The zero-order chi connectivity index (χ0) is 25.4. The molecule has 1 aliphatic carbocycles. The lowest BCUT2D eigenvalue weighted by atomic mass is 9.83. The minimum atomic E-state index is -4.84. The molecular weight excluding hydrogens is 475 g/mol. The van der Waals surface area contributed by atoms with Crippen LogP contribution in [0.5, 0.6) is 0 Å². The highest BCUT2D eigenvalue weighted by atomic mass is 19.4. The Balaban J connectivity index is 1.71. The van der Waals surface area contributed by atoms with Crippen LogP contribution < -0.4 is 5.32 Å². The van der Waals surface area contributed by atoms with Crippen LogP contribution in [0.3, 0.4) is 0 Å². The van der Waals surface area contributed by atoms with E-state index in [-0.39, 0.29) is 48.5 Å². The molecule has 1 saturated heterocycles. The molecule has 0 spiro atoms. The predicted molar refractivity (Wildman–Crippen MR) is 113 cm³/mol. The summed E-state index contributed by atoms with van der Waals surface area (Å²) >= 11 is 0. The molecule has 4 rings (SSSR count). The predicted octanol–water partition coefficient (Wildman–Crippen LogP) is 3.86. The maximum atomic E-state index is 13.9. The molecule has 3 heterocycles. The number of nitriles is 1. The van der Waals surface area contributed by atoms with Crippen LogP contribution >= 0.6 is 0 Å². The fourth-order valence-electron chi connectivity index (χ4n) is 4.84. The van der Waals surface area contributed by atoms with Crippen molar-refractivity contribution in [3.8, 4) is 6.07 Å². The summed E-state index contributed by atoms with van der Waals surface area (Å²) < 4.78 is 75.0. The Morgan fingerprint density at radius 2 is 1.89 bits per heavy atom. The zero-order valence-corrected chi connectivity index (χ0v) is 18.8. The monoisotopic (exact) mass is 500 g/mol. The van der Waals surface area contributed by atoms with Crippen LogP contribution in [0.4, 0.5) is 22.0 Å². The van der Waals surface area contributed by atoms with Gasteiger partial charge in [0.05, 0.1) is 17.8 Å². The molecule has 1 amide bonds. The van der Waals surface area contributed by atoms with Crippen LogP contribution in [-0.2, 0) is 17.3 Å². The van der Waals surface area contributed by atoms with Crippen molar-refractivity contribution < 1.29 is 36.6 Å². The molecule has 0 bridgehead atoms. The van der Waals surface area contributed by atoms with Gasteiger partial charge in [-0.25, -0.2) is 13.8 Å². The number of amides is 1. The van der Waals surface area contributed by atoms with E-state index in [1.54, 1.807) is 0 Å². The Morgan fingerprint density at radius 3 is 2.46 bits per heavy atom. The molecule has 2 N–H and O–H groups in total. The number of rotatable bonds is 5. The van der Waals surface area contributed by atoms with E-state index in [1.807, 2.05) is 6.07 Å². The molecular formula is C23H25F5N4O3. The van der Waals surface area contributed by atoms with Gasteiger partial charge >= 0.3 is 6.18 Å². The molecule has 35 heavy (non-hydrogen) atoms. The third kappa shape index (κ3) is 5.26. The number of nitrogens with zero attached hydrogens (tertiary/aromatic N) is 3. The molecule has 0 atom stereocenters. The fourth-order valence-corrected chi connectivity index (χ4v) is 4.84. The number of ether oxygens (including phenoxy) is 1. The minimum Gasteiger partial charge on any atom is -0.394 e. The summed E-state index contributed by atoms with van der Waals surface area (Å²) in [5.74, 6) is -3.89. The maximum Gasteiger partial charge on any atom is 0.435 e. The van der Waals surface area contributed by atoms with Gasteiger partial charge < -0.3 is 15.2 Å². The van der Waals surface area contributed by atoms with E-state index >= 15 is 0 Å². The van der Waals surface area contributed by atoms with E-state index in [9.17, 15) is 37.1 Å². The van der Waals surface area contributed by atoms with E-state index in [0.29, 0.717) is 26.1 Å². The average Bonchev–Trinajstić information content (AvgIpc) is 3.19. The molecule has 1 saturated carbocycles. The second kappa shape index (κ2) is 9.35. The van der Waals surface area contributed by atoms with Gasteiger partial charge in [0.15, 0.2) is 5.69 Å². The van der Waals surface area contributed by atoms with Crippen molar-refractivity contribution in [2.45, 2.75) is 62.6 Å². The smallest absolute Gasteiger partial charge is 0.394 e. The van der Waals surface area contributed by atoms with Gasteiger partial charge in [-0.3, -0.25) is 9.20 Å². The number of aliphatic hydroxyl groups excluding tert-OH is 1. The molecule has 2 fully saturated rings. The van der Waals surface area contributed by atoms with Crippen LogP contribution in [0.1, 0.15) is 66.0 Å². The van der Waals surface area contributed by atoms with Crippen molar-refractivity contribution in [3.05, 3.63) is 34.8 Å². The van der Waals surface area contributed by atoms with Gasteiger partial charge in [0.25, 0.3) is 5.91 Å². The van der Waals surface area contributed by atoms with Crippen molar-refractivity contribution in [2.24, 2.45) is 5.92 Å². The number of hydrogen-bond acceptors (Lipinski definition) is 5. The molecule has 0 unspecified atom stereocenters. The molecule has 7 nitrogen and oxygen atoms in total. The van der Waals surface area contributed by atoms with Crippen LogP contribution in [0.25, 0.3) is 5.65 Å². The van der Waals surface area contributed by atoms with Gasteiger partial charge in [0, 0.05) is 31.6 Å². The number of fused-ring (bicyclic) bond motifs is 1. The highest BCUT2D eigenvalue weighted by Gasteiger charge is 2.41. The summed E-state index contributed by atoms with van der Waals surface area (Å²) in [5.41, 5.74) is -2.94. The fraction of sp³-hybridized carbons (Fsp3) is 0.609. The van der Waals surface area contributed by atoms with Crippen molar-refractivity contribution >= 4 is 11.6 Å². The maximum absolute atomic E-state index is 13.9. The molecule has 1 aliphatic heterocycles. The number of imidazole rings is 1. The second-order valence-electron chi connectivity index (χ2n) is 9.35. The number of pyridine rings is 1. The van der Waals surface area contributed by atoms with E-state index < -0.39 is 48.0 Å². The van der Waals surface area contributed by atoms with Gasteiger partial charge in [0.1, 0.15) is 17.4 Å². The first-order chi connectivity index (χ1) is 16.5. The summed E-state index contributed by atoms with van der Waals surface area (Å²) in [6.07, 6.45) is -4.97. The number of nitrogens with one attached hydrogen (secondary N) is 1. The summed E-state index contributed by atoms with van der Waals surface area (Å²) in [7, 11) is 0. The van der Waals surface area contributed by atoms with Crippen molar-refractivity contribution in [1.29, 1.82) is 5.26 Å². The normalized spacial score (nSPS) is 20.5. The molecule has 0 aromatic carbocycles. The molecule has 2 aromatic rings. The van der Waals surface area contributed by atoms with Crippen LogP contribution in [0, 0.1) is 17.2 Å². The lowest BCUT2D eigenvalue weighted by molar-refractivity contribution is -0.141. The number of halogens is 5. The third-order valence-corrected chi connectivity index (χ3v) is 6.91. The number of alkyl halides is 5. The Kier molecular flexibility index (Phi) is 6.76. The van der Waals surface area contributed by atoms with Gasteiger partial charge in [-0.15, -0.1) is 0 Å². The Morgan fingerprint density at radius 1 is 1.23 bits per heavy atom. The molecule has 2 aromatic heterocycles. The first-order valence-electron chi connectivity index (χ1n) is 11.4. The number of carbonyl (C=O) groups excluding carboxylic acids is 1. The van der Waals surface area contributed by atoms with Gasteiger partial charge in [-0.1, -0.05) is 0 Å². The highest BCUT2D eigenvalue weighted by Crippen LogP contribution is 2.40. The lowest BCUT2D eigenvalue weighted by Gasteiger charge is -2.36. The van der Waals surface area contributed by atoms with E-state index in [4.69, 9.17) is 4.74 Å². The lowest BCUT2D eigenvalue weighted by Crippen LogP contribution is -2.54. The van der Waals surface area contributed by atoms with E-state index in [2.05, 4.69) is 10.3 Å². The number of carbonyl (C=O) groups is 1. The Labute approximate surface area is 197 Å². The first-order valence-corrected chi connectivity index (χ1v) is 11.4. The van der Waals surface area contributed by atoms with E-state index in [0.717, 1.165) is 10.5 Å². The Bertz CT molecular complexity index is 1140. The average molecular weight is 500 g/mol. The molecule has 2 aliphatic rings. The number of hydrogen-bond donors (Lipinski definition) is 2. The van der Waals surface area contributed by atoms with E-state index in [1.165, 1.54) is 6.07 Å². The first kappa shape index (κ1) is 25.3. The third-order valence-electron chi connectivity index (χ3n) is 6.91. The largest absolute Gasteiger partial charge is 0.435 e. The summed E-state index contributed by atoms with van der Waals surface area (Å²) in [6.45, 7) is 0.311. The standard InChI is InChI=1S/C23H25F5N4O3/c24-22(25)3-1-14(2-4-22)9-17-19(23(26,27)28)30-18-11-15(10-16(12-29)32(17)18)20(34)31-21(13-33)5-7-35-8-6-21/h10-11,14,33H,1-9,13H2,(H,31,34). The van der Waals surface area contributed by atoms with Crippen LogP contribution in [0.2, 0.25) is 0 Å². The van der Waals surface area contributed by atoms with Crippen molar-refractivity contribution in [2.75, 3.05) is 19.8 Å². The second-order valence-corrected chi connectivity index (χ2v) is 9.35. The summed E-state index contributed by atoms with van der Waals surface area (Å²) in [5, 5.41) is 22.3. The molecule has 12 heteroatoms. The van der Waals surface area contributed by atoms with Crippen molar-refractivity contribution in [3.63, 3.8) is 0 Å². The van der Waals surface area contributed by atoms with Gasteiger partial charge in [-0.2, -0.15) is 18.4 Å². The summed E-state index contributed by atoms with van der Waals surface area (Å²) in [4.78, 5) is 16.7. The van der Waals surface area contributed by atoms with Gasteiger partial charge in [-0.05, 0) is 50.2 Å². The number of aromatic nitrogens is 2. The highest BCUT2D eigenvalue weighted by molar-refractivity contribution is 5.96. The topological polar surface area (TPSA) is 99.7 Å². The van der Waals surface area contributed by atoms with Crippen LogP contribution in [-0.4, -0.2) is 51.7 Å². The summed E-state index contributed by atoms with van der Waals surface area (Å²) in [6, 6.07) is 4.17.